The van der Waals surface area contributed by atoms with Gasteiger partial charge in [0.25, 0.3) is 11.7 Å². The quantitative estimate of drug-likeness (QED) is 0.613. The monoisotopic (exact) mass is 290 g/mol. The number of aromatic nitrogens is 1. The van der Waals surface area contributed by atoms with Crippen LogP contribution in [0.15, 0.2) is 22.6 Å². The van der Waals surface area contributed by atoms with E-state index in [0.717, 1.165) is 0 Å². The number of rotatable bonds is 2. The number of amides is 1. The largest absolute Gasteiger partial charge is 0.423 e. The summed E-state index contributed by atoms with van der Waals surface area (Å²) in [4.78, 5) is 29.6. The van der Waals surface area contributed by atoms with E-state index in [-0.39, 0.29) is 11.6 Å². The van der Waals surface area contributed by atoms with Crippen LogP contribution in [0.2, 0.25) is 0 Å². The predicted octanol–water partition coefficient (Wildman–Crippen LogP) is 1.40. The second-order valence-electron chi connectivity index (χ2n) is 4.90. The Hall–Kier alpha value is -2.64. The first kappa shape index (κ1) is 13.3. The van der Waals surface area contributed by atoms with Crippen LogP contribution in [0.4, 0.5) is 11.7 Å². The molecule has 0 unspecified atom stereocenters. The van der Waals surface area contributed by atoms with E-state index in [4.69, 9.17) is 4.42 Å². The lowest BCUT2D eigenvalue weighted by Crippen LogP contribution is -2.48. The smallest absolute Gasteiger partial charge is 0.298 e. The molecule has 0 spiro atoms. The second-order valence-corrected chi connectivity index (χ2v) is 4.90. The van der Waals surface area contributed by atoms with Crippen LogP contribution in [0.3, 0.4) is 0 Å². The van der Waals surface area contributed by atoms with Crippen LogP contribution in [0.25, 0.3) is 11.1 Å². The summed E-state index contributed by atoms with van der Waals surface area (Å²) in [6.45, 7) is 4.06. The minimum absolute atomic E-state index is 0.0217. The molecule has 0 bridgehead atoms. The van der Waals surface area contributed by atoms with Gasteiger partial charge in [-0.1, -0.05) is 0 Å². The van der Waals surface area contributed by atoms with Crippen molar-refractivity contribution in [2.75, 3.05) is 31.1 Å². The maximum Gasteiger partial charge on any atom is 0.298 e. The maximum atomic E-state index is 11.3. The molecule has 2 aromatic rings. The van der Waals surface area contributed by atoms with Gasteiger partial charge in [-0.05, 0) is 6.07 Å². The number of carbonyl (C=O) groups excluding carboxylic acids is 1. The molecular weight excluding hydrogens is 276 g/mol. The van der Waals surface area contributed by atoms with Gasteiger partial charge in [0.05, 0.1) is 11.0 Å². The highest BCUT2D eigenvalue weighted by Gasteiger charge is 2.22. The fraction of sp³-hybridized carbons (Fsp3) is 0.385. The van der Waals surface area contributed by atoms with Gasteiger partial charge in [-0.2, -0.15) is 4.98 Å². The number of hydrogen-bond acceptors (Lipinski definition) is 6. The highest BCUT2D eigenvalue weighted by Crippen LogP contribution is 2.26. The van der Waals surface area contributed by atoms with Crippen LogP contribution in [0.1, 0.15) is 6.92 Å². The molecule has 3 rings (SSSR count). The normalized spacial score (nSPS) is 15.5. The fourth-order valence-electron chi connectivity index (χ4n) is 2.36. The number of piperazine rings is 1. The standard InChI is InChI=1S/C13H14N4O4/c1-9(18)15-4-6-16(7-5-15)13-14-11-3-2-10(17(19)20)8-12(11)21-13/h2-3,8H,4-7H2,1H3. The molecule has 1 saturated heterocycles. The third-order valence-corrected chi connectivity index (χ3v) is 3.57. The van der Waals surface area contributed by atoms with Crippen LogP contribution >= 0.6 is 0 Å². The van der Waals surface area contributed by atoms with Crippen LogP contribution in [0.5, 0.6) is 0 Å². The maximum absolute atomic E-state index is 11.3. The molecule has 110 valence electrons. The first-order chi connectivity index (χ1) is 10.0. The van der Waals surface area contributed by atoms with Crippen molar-refractivity contribution in [2.24, 2.45) is 0 Å². The minimum Gasteiger partial charge on any atom is -0.423 e. The van der Waals surface area contributed by atoms with Crippen LogP contribution in [0, 0.1) is 10.1 Å². The molecule has 2 heterocycles. The van der Waals surface area contributed by atoms with E-state index < -0.39 is 4.92 Å². The molecule has 1 aromatic heterocycles. The molecule has 0 radical (unpaired) electrons. The number of oxazole rings is 1. The van der Waals surface area contributed by atoms with Crippen molar-refractivity contribution in [1.29, 1.82) is 0 Å². The van der Waals surface area contributed by atoms with Gasteiger partial charge < -0.3 is 14.2 Å². The molecule has 8 heteroatoms. The second kappa shape index (κ2) is 5.04. The number of benzene rings is 1. The Morgan fingerprint density at radius 3 is 2.67 bits per heavy atom. The third kappa shape index (κ3) is 2.51. The lowest BCUT2D eigenvalue weighted by Gasteiger charge is -2.33. The highest BCUT2D eigenvalue weighted by molar-refractivity contribution is 5.77. The lowest BCUT2D eigenvalue weighted by molar-refractivity contribution is -0.384. The summed E-state index contributed by atoms with van der Waals surface area (Å²) < 4.78 is 5.60. The van der Waals surface area contributed by atoms with E-state index in [0.29, 0.717) is 43.3 Å². The number of nitro benzene ring substituents is 1. The van der Waals surface area contributed by atoms with Crippen LogP contribution in [-0.2, 0) is 4.79 Å². The fourth-order valence-corrected chi connectivity index (χ4v) is 2.36. The van der Waals surface area contributed by atoms with Gasteiger partial charge in [-0.25, -0.2) is 0 Å². The SMILES string of the molecule is CC(=O)N1CCN(c2nc3ccc([N+](=O)[O-])cc3o2)CC1. The Morgan fingerprint density at radius 2 is 2.05 bits per heavy atom. The van der Waals surface area contributed by atoms with Gasteiger partial charge in [0, 0.05) is 39.2 Å². The van der Waals surface area contributed by atoms with E-state index in [2.05, 4.69) is 4.98 Å². The first-order valence-electron chi connectivity index (χ1n) is 6.60. The number of non-ortho nitro benzene ring substituents is 1. The van der Waals surface area contributed by atoms with Gasteiger partial charge in [-0.3, -0.25) is 14.9 Å². The van der Waals surface area contributed by atoms with Crippen LogP contribution in [-0.4, -0.2) is 46.9 Å². The van der Waals surface area contributed by atoms with E-state index in [1.54, 1.807) is 17.9 Å². The summed E-state index contributed by atoms with van der Waals surface area (Å²) in [5.74, 6) is 0.0582. The average molecular weight is 290 g/mol. The van der Waals surface area contributed by atoms with Gasteiger partial charge >= 0.3 is 0 Å². The zero-order valence-electron chi connectivity index (χ0n) is 11.5. The third-order valence-electron chi connectivity index (χ3n) is 3.57. The highest BCUT2D eigenvalue weighted by atomic mass is 16.6. The molecule has 0 saturated carbocycles. The minimum atomic E-state index is -0.465. The molecule has 0 N–H and O–H groups in total. The summed E-state index contributed by atoms with van der Waals surface area (Å²) in [6.07, 6.45) is 0. The molecule has 0 atom stereocenters. The average Bonchev–Trinajstić information content (AvgIpc) is 2.90. The first-order valence-corrected chi connectivity index (χ1v) is 6.60. The Bertz CT molecular complexity index is 703. The molecular formula is C13H14N4O4. The van der Waals surface area contributed by atoms with Crippen molar-refractivity contribution in [3.63, 3.8) is 0 Å². The Balaban J connectivity index is 1.82. The number of carbonyl (C=O) groups is 1. The van der Waals surface area contributed by atoms with Gasteiger partial charge in [0.2, 0.25) is 5.91 Å². The Morgan fingerprint density at radius 1 is 1.33 bits per heavy atom. The van der Waals surface area contributed by atoms with Crippen molar-refractivity contribution in [3.05, 3.63) is 28.3 Å². The number of fused-ring (bicyclic) bond motifs is 1. The van der Waals surface area contributed by atoms with Crippen molar-refractivity contribution >= 4 is 28.7 Å². The number of anilines is 1. The molecule has 0 aliphatic carbocycles. The molecule has 1 aromatic carbocycles. The van der Waals surface area contributed by atoms with Gasteiger partial charge in [0.1, 0.15) is 5.52 Å². The van der Waals surface area contributed by atoms with Crippen LogP contribution < -0.4 is 4.90 Å². The summed E-state index contributed by atoms with van der Waals surface area (Å²) in [5.41, 5.74) is 0.962. The Labute approximate surface area is 120 Å². The molecule has 1 aliphatic rings. The zero-order chi connectivity index (χ0) is 15.0. The molecule has 1 fully saturated rings. The number of nitro groups is 1. The van der Waals surface area contributed by atoms with Gasteiger partial charge in [-0.15, -0.1) is 0 Å². The van der Waals surface area contributed by atoms with Crippen molar-refractivity contribution in [2.45, 2.75) is 6.92 Å². The van der Waals surface area contributed by atoms with Gasteiger partial charge in [0.15, 0.2) is 5.58 Å². The molecule has 8 nitrogen and oxygen atoms in total. The lowest BCUT2D eigenvalue weighted by atomic mass is 10.3. The van der Waals surface area contributed by atoms with Crippen molar-refractivity contribution < 1.29 is 14.1 Å². The predicted molar refractivity (Wildman–Crippen MR) is 75.1 cm³/mol. The van der Waals surface area contributed by atoms with Crippen molar-refractivity contribution in [3.8, 4) is 0 Å². The summed E-state index contributed by atoms with van der Waals surface area (Å²) in [7, 11) is 0. The molecule has 1 aliphatic heterocycles. The Kier molecular flexibility index (Phi) is 3.20. The summed E-state index contributed by atoms with van der Waals surface area (Å²) in [6, 6.07) is 4.79. The number of hydrogen-bond donors (Lipinski definition) is 0. The summed E-state index contributed by atoms with van der Waals surface area (Å²) >= 11 is 0. The van der Waals surface area contributed by atoms with E-state index in [1.807, 2.05) is 4.90 Å². The molecule has 21 heavy (non-hydrogen) atoms. The molecule has 1 amide bonds. The number of nitrogens with zero attached hydrogens (tertiary/aromatic N) is 4. The van der Waals surface area contributed by atoms with Crippen molar-refractivity contribution in [1.82, 2.24) is 9.88 Å². The topological polar surface area (TPSA) is 92.7 Å². The summed E-state index contributed by atoms with van der Waals surface area (Å²) in [5, 5.41) is 10.7. The van der Waals surface area contributed by atoms with E-state index in [9.17, 15) is 14.9 Å². The zero-order valence-corrected chi connectivity index (χ0v) is 11.5. The van der Waals surface area contributed by atoms with E-state index >= 15 is 0 Å². The van der Waals surface area contributed by atoms with E-state index in [1.165, 1.54) is 12.1 Å².